The summed E-state index contributed by atoms with van der Waals surface area (Å²) in [6.07, 6.45) is 51.7. The number of hydrogen-bond acceptors (Lipinski definition) is 4. The molecule has 0 saturated heterocycles. The molecule has 288 valence electrons. The number of amides is 1. The van der Waals surface area contributed by atoms with Gasteiger partial charge in [-0.2, -0.15) is 8.42 Å². The summed E-state index contributed by atoms with van der Waals surface area (Å²) < 4.78 is 32.5. The first-order valence-corrected chi connectivity index (χ1v) is 21.7. The van der Waals surface area contributed by atoms with Crippen LogP contribution in [0.3, 0.4) is 0 Å². The molecule has 3 N–H and O–H groups in total. The molecule has 0 aromatic rings. The van der Waals surface area contributed by atoms with Crippen molar-refractivity contribution in [2.45, 2.75) is 187 Å². The number of aliphatic hydroxyl groups is 1. The fourth-order valence-corrected chi connectivity index (χ4v) is 6.37. The van der Waals surface area contributed by atoms with Crippen molar-refractivity contribution in [3.63, 3.8) is 0 Å². The molecule has 1 amide bonds. The molecule has 2 atom stereocenters. The molecule has 0 aromatic heterocycles. The van der Waals surface area contributed by atoms with Crippen LogP contribution in [-0.4, -0.2) is 41.9 Å². The normalized spacial score (nSPS) is 14.1. The zero-order chi connectivity index (χ0) is 36.8. The van der Waals surface area contributed by atoms with Crippen LogP contribution >= 0.6 is 0 Å². The highest BCUT2D eigenvalue weighted by molar-refractivity contribution is 7.85. The fourth-order valence-electron chi connectivity index (χ4n) is 5.63. The number of unbranched alkanes of at least 4 members (excludes halogenated alkanes) is 17. The van der Waals surface area contributed by atoms with E-state index in [0.29, 0.717) is 12.8 Å². The van der Waals surface area contributed by atoms with Crippen molar-refractivity contribution in [1.29, 1.82) is 0 Å². The Hall–Kier alpha value is -2.22. The van der Waals surface area contributed by atoms with Crippen LogP contribution in [-0.2, 0) is 14.9 Å². The molecule has 0 spiro atoms. The highest BCUT2D eigenvalue weighted by Gasteiger charge is 2.24. The Morgan fingerprint density at radius 1 is 0.560 bits per heavy atom. The molecular formula is C43H75NO5S. The number of hydrogen-bond donors (Lipinski definition) is 3. The maximum atomic E-state index is 12.5. The van der Waals surface area contributed by atoms with Gasteiger partial charge in [0.05, 0.1) is 17.9 Å². The average Bonchev–Trinajstić information content (AvgIpc) is 3.08. The van der Waals surface area contributed by atoms with Crippen LogP contribution < -0.4 is 5.32 Å². The third-order valence-corrected chi connectivity index (χ3v) is 9.40. The zero-order valence-electron chi connectivity index (χ0n) is 32.0. The zero-order valence-corrected chi connectivity index (χ0v) is 32.8. The highest BCUT2D eigenvalue weighted by Crippen LogP contribution is 2.12. The molecule has 0 aromatic carbocycles. The van der Waals surface area contributed by atoms with E-state index in [-0.39, 0.29) is 12.3 Å². The van der Waals surface area contributed by atoms with E-state index in [1.165, 1.54) is 70.3 Å². The quantitative estimate of drug-likeness (QED) is 0.0344. The van der Waals surface area contributed by atoms with Crippen molar-refractivity contribution < 1.29 is 22.9 Å². The second kappa shape index (κ2) is 36.6. The van der Waals surface area contributed by atoms with Crippen LogP contribution in [0.1, 0.15) is 174 Å². The fraction of sp³-hybridized carbons (Fsp3) is 0.698. The van der Waals surface area contributed by atoms with Crippen LogP contribution in [0.2, 0.25) is 0 Å². The van der Waals surface area contributed by atoms with Crippen LogP contribution in [0.15, 0.2) is 72.9 Å². The number of carbonyl (C=O) groups excluding carboxylic acids is 1. The second-order valence-corrected chi connectivity index (χ2v) is 15.0. The maximum Gasteiger partial charge on any atom is 0.267 e. The smallest absolute Gasteiger partial charge is 0.267 e. The minimum absolute atomic E-state index is 0.268. The Morgan fingerprint density at radius 2 is 0.980 bits per heavy atom. The van der Waals surface area contributed by atoms with Crippen molar-refractivity contribution >= 4 is 16.0 Å². The summed E-state index contributed by atoms with van der Waals surface area (Å²) in [6, 6.07) is -1.08. The van der Waals surface area contributed by atoms with Gasteiger partial charge in [0, 0.05) is 6.42 Å². The Balaban J connectivity index is 4.03. The lowest BCUT2D eigenvalue weighted by Gasteiger charge is -2.21. The first-order valence-electron chi connectivity index (χ1n) is 20.1. The first-order chi connectivity index (χ1) is 24.3. The molecule has 0 aliphatic carbocycles. The largest absolute Gasteiger partial charge is 0.387 e. The van der Waals surface area contributed by atoms with E-state index in [0.717, 1.165) is 77.0 Å². The summed E-state index contributed by atoms with van der Waals surface area (Å²) in [4.78, 5) is 12.5. The minimum atomic E-state index is -4.36. The van der Waals surface area contributed by atoms with Crippen LogP contribution in [0, 0.1) is 0 Å². The van der Waals surface area contributed by atoms with E-state index in [4.69, 9.17) is 0 Å². The molecule has 0 radical (unpaired) electrons. The lowest BCUT2D eigenvalue weighted by Crippen LogP contribution is -2.46. The first kappa shape index (κ1) is 47.8. The van der Waals surface area contributed by atoms with Gasteiger partial charge < -0.3 is 10.4 Å². The summed E-state index contributed by atoms with van der Waals surface area (Å²) in [6.45, 7) is 4.40. The molecular weight excluding hydrogens is 643 g/mol. The minimum Gasteiger partial charge on any atom is -0.387 e. The Morgan fingerprint density at radius 3 is 1.50 bits per heavy atom. The highest BCUT2D eigenvalue weighted by atomic mass is 32.2. The summed E-state index contributed by atoms with van der Waals surface area (Å²) in [5, 5.41) is 13.2. The van der Waals surface area contributed by atoms with Crippen LogP contribution in [0.4, 0.5) is 0 Å². The van der Waals surface area contributed by atoms with Gasteiger partial charge in [-0.15, -0.1) is 0 Å². The molecule has 2 unspecified atom stereocenters. The molecule has 7 heteroatoms. The average molecular weight is 718 g/mol. The molecule has 6 nitrogen and oxygen atoms in total. The van der Waals surface area contributed by atoms with E-state index in [9.17, 15) is 22.9 Å². The van der Waals surface area contributed by atoms with Crippen molar-refractivity contribution in [2.75, 3.05) is 5.75 Å². The van der Waals surface area contributed by atoms with Crippen LogP contribution in [0.25, 0.3) is 0 Å². The van der Waals surface area contributed by atoms with Gasteiger partial charge >= 0.3 is 0 Å². The van der Waals surface area contributed by atoms with Crippen molar-refractivity contribution in [3.05, 3.63) is 72.9 Å². The lowest BCUT2D eigenvalue weighted by molar-refractivity contribution is -0.122. The predicted octanol–water partition coefficient (Wildman–Crippen LogP) is 11.8. The number of carbonyl (C=O) groups is 1. The molecule has 0 aliphatic rings. The maximum absolute atomic E-state index is 12.5. The molecule has 0 heterocycles. The van der Waals surface area contributed by atoms with Gasteiger partial charge in [-0.3, -0.25) is 9.35 Å². The van der Waals surface area contributed by atoms with Gasteiger partial charge in [-0.05, 0) is 70.6 Å². The molecule has 0 rings (SSSR count). The molecule has 0 aliphatic heterocycles. The Labute approximate surface area is 308 Å². The van der Waals surface area contributed by atoms with Gasteiger partial charge in [0.1, 0.15) is 0 Å². The van der Waals surface area contributed by atoms with E-state index >= 15 is 0 Å². The standard InChI is InChI=1S/C43H75NO5S/c1-3-5-7-9-11-13-15-17-19-21-22-23-25-27-29-31-33-35-37-39-43(46)44-41(40-50(47,48)49)42(45)38-36-34-32-30-28-26-24-20-18-16-14-12-10-8-6-4-2/h5,7,11,13,17,19,22-23,28,30,36,38,41-42,45H,3-4,6,8-10,12,14-16,18,20-21,24-27,29,31-35,37,39-40H2,1-2H3,(H,44,46)(H,47,48,49)/b7-5-,13-11-,19-17-,23-22-,30-28+,38-36+. The summed E-state index contributed by atoms with van der Waals surface area (Å²) >= 11 is 0. The lowest BCUT2D eigenvalue weighted by atomic mass is 10.1. The SMILES string of the molecule is CC/C=C\C/C=C\C/C=C\C/C=C\CCCCCCCCC(=O)NC(CS(=O)(=O)O)C(O)/C=C/CC/C=C/CCCCCCCCCCCC. The summed E-state index contributed by atoms with van der Waals surface area (Å²) in [5.74, 6) is -1.03. The predicted molar refractivity (Wildman–Crippen MR) is 216 cm³/mol. The van der Waals surface area contributed by atoms with E-state index in [1.807, 2.05) is 0 Å². The third kappa shape index (κ3) is 37.0. The number of allylic oxidation sites excluding steroid dienone is 11. The van der Waals surface area contributed by atoms with E-state index in [2.05, 4.69) is 79.9 Å². The van der Waals surface area contributed by atoms with E-state index in [1.54, 1.807) is 6.08 Å². The Bertz CT molecular complexity index is 1060. The molecule has 50 heavy (non-hydrogen) atoms. The van der Waals surface area contributed by atoms with Gasteiger partial charge in [0.25, 0.3) is 10.1 Å². The van der Waals surface area contributed by atoms with Gasteiger partial charge in [0.15, 0.2) is 0 Å². The topological polar surface area (TPSA) is 104 Å². The van der Waals surface area contributed by atoms with Gasteiger partial charge in [-0.25, -0.2) is 0 Å². The second-order valence-electron chi connectivity index (χ2n) is 13.5. The summed E-state index contributed by atoms with van der Waals surface area (Å²) in [7, 11) is -4.36. The number of rotatable bonds is 35. The molecule has 0 saturated carbocycles. The number of aliphatic hydroxyl groups excluding tert-OH is 1. The number of nitrogens with one attached hydrogen (secondary N) is 1. The van der Waals surface area contributed by atoms with Crippen molar-refractivity contribution in [3.8, 4) is 0 Å². The van der Waals surface area contributed by atoms with Crippen LogP contribution in [0.5, 0.6) is 0 Å². The van der Waals surface area contributed by atoms with E-state index < -0.39 is 28.0 Å². The molecule has 0 fully saturated rings. The van der Waals surface area contributed by atoms with Gasteiger partial charge in [-0.1, -0.05) is 170 Å². The van der Waals surface area contributed by atoms with Gasteiger partial charge in [0.2, 0.25) is 5.91 Å². The van der Waals surface area contributed by atoms with Crippen molar-refractivity contribution in [2.24, 2.45) is 0 Å². The summed E-state index contributed by atoms with van der Waals surface area (Å²) in [5.41, 5.74) is 0. The molecule has 0 bridgehead atoms. The monoisotopic (exact) mass is 718 g/mol. The third-order valence-electron chi connectivity index (χ3n) is 8.62. The Kier molecular flexibility index (Phi) is 34.9. The van der Waals surface area contributed by atoms with Crippen molar-refractivity contribution in [1.82, 2.24) is 5.32 Å².